The number of hydrogen-bond acceptors (Lipinski definition) is 3. The van der Waals surface area contributed by atoms with Gasteiger partial charge in [0.05, 0.1) is 28.5 Å². The third-order valence-electron chi connectivity index (χ3n) is 6.97. The fourth-order valence-corrected chi connectivity index (χ4v) is 5.04. The summed E-state index contributed by atoms with van der Waals surface area (Å²) in [5, 5.41) is 0. The van der Waals surface area contributed by atoms with Crippen molar-refractivity contribution in [1.29, 1.82) is 0 Å². The minimum atomic E-state index is -5.13. The van der Waals surface area contributed by atoms with Crippen LogP contribution in [0.15, 0.2) is 36.4 Å². The number of nitrogens with zero attached hydrogens (tertiary/aromatic N) is 1. The van der Waals surface area contributed by atoms with Crippen molar-refractivity contribution in [2.45, 2.75) is 75.7 Å². The van der Waals surface area contributed by atoms with Crippen molar-refractivity contribution in [3.8, 4) is 0 Å². The van der Waals surface area contributed by atoms with Gasteiger partial charge in [-0.15, -0.1) is 0 Å². The minimum absolute atomic E-state index is 0.0280. The van der Waals surface area contributed by atoms with Gasteiger partial charge in [-0.1, -0.05) is 0 Å². The monoisotopic (exact) mass is 568 g/mol. The number of carbonyl (C=O) groups is 1. The molecule has 0 aromatic heterocycles. The minimum Gasteiger partial charge on any atom is -0.446 e. The Hall–Kier alpha value is -2.96. The maximum Gasteiger partial charge on any atom is 0.416 e. The largest absolute Gasteiger partial charge is 0.446 e. The quantitative estimate of drug-likeness (QED) is 0.380. The summed E-state index contributed by atoms with van der Waals surface area (Å²) in [4.78, 5) is 14.3. The number of anilines is 1. The summed E-state index contributed by atoms with van der Waals surface area (Å²) >= 11 is 0. The Bertz CT molecular complexity index is 1200. The van der Waals surface area contributed by atoms with Gasteiger partial charge in [-0.3, -0.25) is 4.90 Å². The van der Waals surface area contributed by atoms with E-state index in [1.165, 1.54) is 4.90 Å². The highest BCUT2D eigenvalue weighted by molar-refractivity contribution is 5.90. The molecule has 4 rings (SSSR count). The molecule has 2 aromatic carbocycles. The Balaban J connectivity index is 1.88. The molecule has 1 fully saturated rings. The maximum absolute atomic E-state index is 13.6. The molecular formula is C26H25F9N2O2. The van der Waals surface area contributed by atoms with Crippen LogP contribution in [0.1, 0.15) is 72.9 Å². The predicted octanol–water partition coefficient (Wildman–Crippen LogP) is 8.06. The average molecular weight is 568 g/mol. The number of carbonyl (C=O) groups excluding carboxylic acids is 1. The molecule has 0 bridgehead atoms. The molecule has 4 nitrogen and oxygen atoms in total. The third kappa shape index (κ3) is 6.12. The van der Waals surface area contributed by atoms with Gasteiger partial charge in [-0.05, 0) is 86.6 Å². The van der Waals surface area contributed by atoms with E-state index in [0.717, 1.165) is 18.2 Å². The van der Waals surface area contributed by atoms with Crippen molar-refractivity contribution >= 4 is 11.8 Å². The fourth-order valence-electron chi connectivity index (χ4n) is 5.04. The molecule has 214 valence electrons. The Morgan fingerprint density at radius 2 is 1.41 bits per heavy atom. The molecule has 3 atom stereocenters. The third-order valence-corrected chi connectivity index (χ3v) is 6.97. The molecule has 39 heavy (non-hydrogen) atoms. The number of halogens is 9. The lowest BCUT2D eigenvalue weighted by Crippen LogP contribution is -2.48. The Morgan fingerprint density at radius 1 is 0.872 bits per heavy atom. The van der Waals surface area contributed by atoms with Crippen LogP contribution in [0, 0.1) is 5.92 Å². The second-order valence-electron chi connectivity index (χ2n) is 10.2. The highest BCUT2D eigenvalue weighted by Crippen LogP contribution is 2.52. The van der Waals surface area contributed by atoms with Gasteiger partial charge in [-0.25, -0.2) is 4.79 Å². The SMILES string of the molecule is CC(C)OC(=O)N1c2ccc(C(F)(F)F)cc2[C@H]([C@@H](N)c2cc(C(F)(F)F)cc(C(F)(F)F)c2)C[C@H]1C1CC1. The topological polar surface area (TPSA) is 55.6 Å². The predicted molar refractivity (Wildman–Crippen MR) is 123 cm³/mol. The van der Waals surface area contributed by atoms with Crippen molar-refractivity contribution in [3.05, 3.63) is 64.2 Å². The van der Waals surface area contributed by atoms with Gasteiger partial charge in [0.25, 0.3) is 0 Å². The highest BCUT2D eigenvalue weighted by Gasteiger charge is 2.47. The van der Waals surface area contributed by atoms with Crippen LogP contribution < -0.4 is 10.6 Å². The molecule has 2 N–H and O–H groups in total. The van der Waals surface area contributed by atoms with E-state index >= 15 is 0 Å². The van der Waals surface area contributed by atoms with Crippen LogP contribution in [-0.2, 0) is 23.3 Å². The van der Waals surface area contributed by atoms with Crippen LogP contribution in [0.5, 0.6) is 0 Å². The first-order chi connectivity index (χ1) is 17.9. The molecule has 1 saturated carbocycles. The number of ether oxygens (including phenoxy) is 1. The second-order valence-corrected chi connectivity index (χ2v) is 10.2. The molecule has 1 amide bonds. The van der Waals surface area contributed by atoms with E-state index in [1.807, 2.05) is 0 Å². The van der Waals surface area contributed by atoms with E-state index in [0.29, 0.717) is 25.0 Å². The average Bonchev–Trinajstić information content (AvgIpc) is 3.65. The lowest BCUT2D eigenvalue weighted by Gasteiger charge is -2.43. The zero-order valence-electron chi connectivity index (χ0n) is 20.7. The van der Waals surface area contributed by atoms with Gasteiger partial charge >= 0.3 is 24.6 Å². The summed E-state index contributed by atoms with van der Waals surface area (Å²) < 4.78 is 127. The van der Waals surface area contributed by atoms with Crippen LogP contribution in [0.3, 0.4) is 0 Å². The molecular weight excluding hydrogens is 543 g/mol. The number of rotatable bonds is 4. The highest BCUT2D eigenvalue weighted by atomic mass is 19.4. The Labute approximate surface area is 217 Å². The number of alkyl halides is 9. The van der Waals surface area contributed by atoms with Crippen molar-refractivity contribution in [2.24, 2.45) is 11.7 Å². The van der Waals surface area contributed by atoms with Gasteiger partial charge in [0.15, 0.2) is 0 Å². The number of nitrogens with two attached hydrogens (primary N) is 1. The van der Waals surface area contributed by atoms with E-state index in [1.54, 1.807) is 13.8 Å². The maximum atomic E-state index is 13.6. The van der Waals surface area contributed by atoms with E-state index in [-0.39, 0.29) is 29.7 Å². The standard InChI is InChI=1S/C26H25F9N2O2/c1-12(2)39-23(38)37-20-6-5-15(24(27,28)29)10-18(20)19(11-21(37)13-3-4-13)22(36)14-7-16(25(30,31)32)9-17(8-14)26(33,34)35/h5-10,12-13,19,21-22H,3-4,11,36H2,1-2H3/t19-,21+,22+/m1/s1. The molecule has 1 aliphatic heterocycles. The van der Waals surface area contributed by atoms with Gasteiger partial charge in [-0.2, -0.15) is 39.5 Å². The van der Waals surface area contributed by atoms with Crippen molar-refractivity contribution in [2.75, 3.05) is 4.90 Å². The molecule has 1 aliphatic carbocycles. The zero-order valence-corrected chi connectivity index (χ0v) is 20.7. The summed E-state index contributed by atoms with van der Waals surface area (Å²) in [5.41, 5.74) is 1.43. The van der Waals surface area contributed by atoms with E-state index in [4.69, 9.17) is 10.5 Å². The van der Waals surface area contributed by atoms with Crippen LogP contribution in [-0.4, -0.2) is 18.2 Å². The number of benzene rings is 2. The second kappa shape index (κ2) is 9.90. The lowest BCUT2D eigenvalue weighted by molar-refractivity contribution is -0.143. The summed E-state index contributed by atoms with van der Waals surface area (Å²) in [6, 6.07) is 1.35. The molecule has 0 saturated heterocycles. The van der Waals surface area contributed by atoms with Gasteiger partial charge in [0, 0.05) is 18.0 Å². The van der Waals surface area contributed by atoms with Gasteiger partial charge in [0.2, 0.25) is 0 Å². The zero-order chi connectivity index (χ0) is 29.1. The normalized spacial score (nSPS) is 21.1. The summed E-state index contributed by atoms with van der Waals surface area (Å²) in [5.74, 6) is -1.21. The number of amides is 1. The first-order valence-corrected chi connectivity index (χ1v) is 12.1. The fraction of sp³-hybridized carbons (Fsp3) is 0.500. The van der Waals surface area contributed by atoms with Crippen LogP contribution in [0.4, 0.5) is 50.0 Å². The molecule has 0 spiro atoms. The van der Waals surface area contributed by atoms with Crippen LogP contribution >= 0.6 is 0 Å². The van der Waals surface area contributed by atoms with Gasteiger partial charge < -0.3 is 10.5 Å². The molecule has 2 aliphatic rings. The number of fused-ring (bicyclic) bond motifs is 1. The molecule has 0 unspecified atom stereocenters. The summed E-state index contributed by atoms with van der Waals surface area (Å²) in [7, 11) is 0. The van der Waals surface area contributed by atoms with E-state index in [9.17, 15) is 44.3 Å². The summed E-state index contributed by atoms with van der Waals surface area (Å²) in [6.45, 7) is 3.18. The molecule has 13 heteroatoms. The smallest absolute Gasteiger partial charge is 0.416 e. The van der Waals surface area contributed by atoms with Crippen molar-refractivity contribution in [1.82, 2.24) is 0 Å². The Morgan fingerprint density at radius 3 is 1.87 bits per heavy atom. The molecule has 0 radical (unpaired) electrons. The number of hydrogen-bond donors (Lipinski definition) is 1. The van der Waals surface area contributed by atoms with E-state index in [2.05, 4.69) is 0 Å². The first-order valence-electron chi connectivity index (χ1n) is 12.1. The lowest BCUT2D eigenvalue weighted by atomic mass is 9.77. The Kier molecular flexibility index (Phi) is 7.37. The first kappa shape index (κ1) is 29.0. The van der Waals surface area contributed by atoms with Crippen LogP contribution in [0.25, 0.3) is 0 Å². The summed E-state index contributed by atoms with van der Waals surface area (Å²) in [6.07, 6.45) is -15.2. The molecule has 2 aromatic rings. The molecule has 1 heterocycles. The van der Waals surface area contributed by atoms with Gasteiger partial charge in [0.1, 0.15) is 0 Å². The van der Waals surface area contributed by atoms with Crippen molar-refractivity contribution in [3.63, 3.8) is 0 Å². The van der Waals surface area contributed by atoms with E-state index < -0.39 is 71.0 Å². The van der Waals surface area contributed by atoms with Crippen molar-refractivity contribution < 1.29 is 49.0 Å². The van der Waals surface area contributed by atoms with Crippen LogP contribution in [0.2, 0.25) is 0 Å².